The van der Waals surface area contributed by atoms with E-state index in [4.69, 9.17) is 4.74 Å². The number of nitrogens with zero attached hydrogens (tertiary/aromatic N) is 1. The van der Waals surface area contributed by atoms with Gasteiger partial charge >= 0.3 is 0 Å². The molecular formula is C26H17NO2. The molecule has 4 aromatic carbocycles. The van der Waals surface area contributed by atoms with Crippen molar-refractivity contribution >= 4 is 38.0 Å². The third-order valence-electron chi connectivity index (χ3n) is 5.84. The molecule has 0 bridgehead atoms. The summed E-state index contributed by atoms with van der Waals surface area (Å²) in [6.45, 7) is 0. The zero-order valence-electron chi connectivity index (χ0n) is 15.8. The van der Waals surface area contributed by atoms with Gasteiger partial charge in [-0.1, -0.05) is 54.6 Å². The fraction of sp³-hybridized carbons (Fsp3) is 0.0385. The molecule has 0 saturated heterocycles. The minimum atomic E-state index is 0.00816. The average Bonchev–Trinajstić information content (AvgIpc) is 3.12. The Morgan fingerprint density at radius 2 is 1.45 bits per heavy atom. The second kappa shape index (κ2) is 5.82. The maximum Gasteiger partial charge on any atom is 0.263 e. The van der Waals surface area contributed by atoms with E-state index in [1.165, 1.54) is 5.56 Å². The predicted octanol–water partition coefficient (Wildman–Crippen LogP) is 5.87. The van der Waals surface area contributed by atoms with Crippen LogP contribution in [0.3, 0.4) is 0 Å². The van der Waals surface area contributed by atoms with E-state index in [2.05, 4.69) is 48.5 Å². The predicted molar refractivity (Wildman–Crippen MR) is 119 cm³/mol. The number of methoxy groups -OCH3 is 1. The van der Waals surface area contributed by atoms with Crippen molar-refractivity contribution in [2.45, 2.75) is 0 Å². The minimum Gasteiger partial charge on any atom is -0.497 e. The summed E-state index contributed by atoms with van der Waals surface area (Å²) in [6.07, 6.45) is 0. The summed E-state index contributed by atoms with van der Waals surface area (Å²) in [6, 6.07) is 28.6. The Morgan fingerprint density at radius 3 is 2.24 bits per heavy atom. The lowest BCUT2D eigenvalue weighted by Crippen LogP contribution is -2.12. The minimum absolute atomic E-state index is 0.00816. The molecule has 0 unspecified atom stereocenters. The molecule has 3 nitrogen and oxygen atoms in total. The van der Waals surface area contributed by atoms with Crippen molar-refractivity contribution in [3.05, 3.63) is 95.3 Å². The van der Waals surface area contributed by atoms with Gasteiger partial charge in [-0.15, -0.1) is 0 Å². The summed E-state index contributed by atoms with van der Waals surface area (Å²) < 4.78 is 7.27. The molecule has 0 aliphatic carbocycles. The van der Waals surface area contributed by atoms with Crippen LogP contribution in [0.25, 0.3) is 49.1 Å². The lowest BCUT2D eigenvalue weighted by atomic mass is 10.0. The first kappa shape index (κ1) is 16.1. The second-order valence-electron chi connectivity index (χ2n) is 7.35. The van der Waals surface area contributed by atoms with Gasteiger partial charge in [-0.05, 0) is 41.5 Å². The van der Waals surface area contributed by atoms with Crippen LogP contribution in [0.15, 0.2) is 89.7 Å². The molecule has 138 valence electrons. The first-order valence-electron chi connectivity index (χ1n) is 9.62. The number of ether oxygens (including phenoxy) is 1. The molecule has 2 aromatic heterocycles. The Morgan fingerprint density at radius 1 is 0.655 bits per heavy atom. The van der Waals surface area contributed by atoms with Crippen molar-refractivity contribution in [2.24, 2.45) is 0 Å². The van der Waals surface area contributed by atoms with Crippen LogP contribution in [-0.4, -0.2) is 11.5 Å². The van der Waals surface area contributed by atoms with Gasteiger partial charge in [0.15, 0.2) is 0 Å². The lowest BCUT2D eigenvalue weighted by Gasteiger charge is -2.07. The Balaban J connectivity index is 1.82. The zero-order valence-corrected chi connectivity index (χ0v) is 15.8. The van der Waals surface area contributed by atoms with Crippen LogP contribution in [0.2, 0.25) is 0 Å². The SMILES string of the molecule is COc1ccc2c(=O)n3c4ccc(-c5ccccc5)cc4c4cccc(c2c1)c43. The number of aromatic nitrogens is 1. The highest BCUT2D eigenvalue weighted by molar-refractivity contribution is 6.20. The summed E-state index contributed by atoms with van der Waals surface area (Å²) in [5.41, 5.74) is 4.24. The maximum absolute atomic E-state index is 13.4. The van der Waals surface area contributed by atoms with Crippen molar-refractivity contribution in [3.63, 3.8) is 0 Å². The molecule has 0 aliphatic rings. The van der Waals surface area contributed by atoms with Gasteiger partial charge in [-0.25, -0.2) is 0 Å². The fourth-order valence-electron chi connectivity index (χ4n) is 4.49. The van der Waals surface area contributed by atoms with Crippen LogP contribution in [0, 0.1) is 0 Å². The molecule has 2 heterocycles. The molecular weight excluding hydrogens is 358 g/mol. The molecule has 0 saturated carbocycles. The first-order valence-corrected chi connectivity index (χ1v) is 9.62. The highest BCUT2D eigenvalue weighted by atomic mass is 16.5. The number of fused-ring (bicyclic) bond motifs is 5. The molecule has 3 heteroatoms. The highest BCUT2D eigenvalue weighted by Gasteiger charge is 2.17. The quantitative estimate of drug-likeness (QED) is 0.354. The van der Waals surface area contributed by atoms with E-state index in [-0.39, 0.29) is 5.56 Å². The van der Waals surface area contributed by atoms with Crippen molar-refractivity contribution in [3.8, 4) is 16.9 Å². The van der Waals surface area contributed by atoms with Gasteiger partial charge in [0.25, 0.3) is 5.56 Å². The van der Waals surface area contributed by atoms with E-state index in [1.807, 2.05) is 40.8 Å². The molecule has 0 spiro atoms. The zero-order chi connectivity index (χ0) is 19.5. The van der Waals surface area contributed by atoms with Crippen molar-refractivity contribution in [1.82, 2.24) is 4.40 Å². The summed E-state index contributed by atoms with van der Waals surface area (Å²) >= 11 is 0. The summed E-state index contributed by atoms with van der Waals surface area (Å²) in [7, 11) is 1.65. The number of benzene rings is 4. The molecule has 6 rings (SSSR count). The van der Waals surface area contributed by atoms with E-state index in [9.17, 15) is 4.79 Å². The van der Waals surface area contributed by atoms with Gasteiger partial charge in [-0.2, -0.15) is 0 Å². The van der Waals surface area contributed by atoms with Crippen LogP contribution in [0.5, 0.6) is 5.75 Å². The van der Waals surface area contributed by atoms with Gasteiger partial charge < -0.3 is 4.74 Å². The summed E-state index contributed by atoms with van der Waals surface area (Å²) in [5, 5.41) is 4.89. The van der Waals surface area contributed by atoms with Crippen LogP contribution in [0.4, 0.5) is 0 Å². The Hall–Kier alpha value is -3.85. The number of pyridine rings is 1. The number of rotatable bonds is 2. The van der Waals surface area contributed by atoms with Crippen molar-refractivity contribution < 1.29 is 4.74 Å². The van der Waals surface area contributed by atoms with E-state index in [1.54, 1.807) is 7.11 Å². The second-order valence-corrected chi connectivity index (χ2v) is 7.35. The smallest absolute Gasteiger partial charge is 0.263 e. The van der Waals surface area contributed by atoms with Gasteiger partial charge in [0.2, 0.25) is 0 Å². The van der Waals surface area contributed by atoms with Crippen LogP contribution >= 0.6 is 0 Å². The van der Waals surface area contributed by atoms with Crippen molar-refractivity contribution in [2.75, 3.05) is 7.11 Å². The Kier molecular flexibility index (Phi) is 3.24. The normalized spacial score (nSPS) is 11.8. The van der Waals surface area contributed by atoms with Crippen molar-refractivity contribution in [1.29, 1.82) is 0 Å². The van der Waals surface area contributed by atoms with E-state index >= 15 is 0 Å². The molecule has 0 N–H and O–H groups in total. The van der Waals surface area contributed by atoms with Crippen LogP contribution < -0.4 is 10.3 Å². The fourth-order valence-corrected chi connectivity index (χ4v) is 4.49. The Bertz CT molecular complexity index is 1600. The van der Waals surface area contributed by atoms with Gasteiger partial charge in [0.1, 0.15) is 5.75 Å². The largest absolute Gasteiger partial charge is 0.497 e. The first-order chi connectivity index (χ1) is 14.3. The maximum atomic E-state index is 13.4. The number of para-hydroxylation sites is 1. The third kappa shape index (κ3) is 2.15. The topological polar surface area (TPSA) is 30.7 Å². The molecule has 6 aromatic rings. The number of hydrogen-bond acceptors (Lipinski definition) is 2. The Labute approximate surface area is 166 Å². The highest BCUT2D eigenvalue weighted by Crippen LogP contribution is 2.36. The molecule has 0 radical (unpaired) electrons. The lowest BCUT2D eigenvalue weighted by molar-refractivity contribution is 0.415. The third-order valence-corrected chi connectivity index (χ3v) is 5.84. The van der Waals surface area contributed by atoms with E-state index < -0.39 is 0 Å². The van der Waals surface area contributed by atoms with Crippen LogP contribution in [0.1, 0.15) is 0 Å². The number of hydrogen-bond donors (Lipinski definition) is 0. The summed E-state index contributed by atoms with van der Waals surface area (Å²) in [5.74, 6) is 0.754. The van der Waals surface area contributed by atoms with Gasteiger partial charge in [-0.3, -0.25) is 9.20 Å². The van der Waals surface area contributed by atoms with Gasteiger partial charge in [0, 0.05) is 26.9 Å². The molecule has 29 heavy (non-hydrogen) atoms. The average molecular weight is 375 g/mol. The molecule has 0 atom stereocenters. The summed E-state index contributed by atoms with van der Waals surface area (Å²) in [4.78, 5) is 13.4. The van der Waals surface area contributed by atoms with E-state index in [0.717, 1.165) is 43.9 Å². The van der Waals surface area contributed by atoms with Crippen LogP contribution in [-0.2, 0) is 0 Å². The molecule has 0 fully saturated rings. The van der Waals surface area contributed by atoms with Gasteiger partial charge in [0.05, 0.1) is 18.1 Å². The molecule has 0 amide bonds. The van der Waals surface area contributed by atoms with E-state index in [0.29, 0.717) is 5.39 Å². The molecule has 0 aliphatic heterocycles. The monoisotopic (exact) mass is 375 g/mol. The standard InChI is InChI=1S/C26H17NO2/c1-29-18-11-12-21-22(15-18)19-8-5-9-20-23-14-17(16-6-3-2-4-7-16)10-13-24(23)27(25(19)20)26(21)28/h2-15H,1H3.